The number of alkyl halides is 3. The molecule has 1 atom stereocenters. The van der Waals surface area contributed by atoms with Gasteiger partial charge in [0.25, 0.3) is 0 Å². The number of halogens is 5. The van der Waals surface area contributed by atoms with Gasteiger partial charge in [0.15, 0.2) is 0 Å². The van der Waals surface area contributed by atoms with Gasteiger partial charge in [0.2, 0.25) is 0 Å². The molecule has 20 heavy (non-hydrogen) atoms. The van der Waals surface area contributed by atoms with E-state index in [4.69, 9.17) is 5.73 Å². The van der Waals surface area contributed by atoms with Gasteiger partial charge in [-0.2, -0.15) is 13.2 Å². The van der Waals surface area contributed by atoms with Gasteiger partial charge in [0.1, 0.15) is 0 Å². The van der Waals surface area contributed by atoms with Crippen LogP contribution < -0.4 is 5.73 Å². The van der Waals surface area contributed by atoms with Crippen LogP contribution in [-0.2, 0) is 12.6 Å². The predicted molar refractivity (Wildman–Crippen MR) is 81.8 cm³/mol. The molecule has 0 aliphatic heterocycles. The summed E-state index contributed by atoms with van der Waals surface area (Å²) in [6.07, 6.45) is -4.03. The number of hydrogen-bond donors (Lipinski definition) is 1. The van der Waals surface area contributed by atoms with Crippen molar-refractivity contribution in [2.75, 3.05) is 0 Å². The third kappa shape index (κ3) is 3.84. The van der Waals surface area contributed by atoms with E-state index in [0.29, 0.717) is 10.9 Å². The summed E-state index contributed by atoms with van der Waals surface area (Å²) in [6.45, 7) is 0. The van der Waals surface area contributed by atoms with Gasteiger partial charge < -0.3 is 5.73 Å². The summed E-state index contributed by atoms with van der Waals surface area (Å²) in [5.74, 6) is 0. The van der Waals surface area contributed by atoms with Crippen molar-refractivity contribution in [3.8, 4) is 0 Å². The van der Waals surface area contributed by atoms with E-state index in [9.17, 15) is 13.2 Å². The third-order valence-electron chi connectivity index (χ3n) is 2.77. The first-order chi connectivity index (χ1) is 9.27. The molecule has 1 unspecified atom stereocenters. The van der Waals surface area contributed by atoms with Crippen LogP contribution in [0.25, 0.3) is 0 Å². The molecule has 1 nitrogen and oxygen atoms in total. The molecule has 1 aromatic heterocycles. The lowest BCUT2D eigenvalue weighted by Crippen LogP contribution is -2.19. The first-order valence-corrected chi connectivity index (χ1v) is 8.04. The zero-order valence-electron chi connectivity index (χ0n) is 10.0. The minimum absolute atomic E-state index is 0.116. The summed E-state index contributed by atoms with van der Waals surface area (Å²) in [5, 5.41) is 0. The molecule has 1 aromatic carbocycles. The van der Waals surface area contributed by atoms with Crippen molar-refractivity contribution in [2.24, 2.45) is 5.73 Å². The van der Waals surface area contributed by atoms with Crippen molar-refractivity contribution in [2.45, 2.75) is 18.6 Å². The summed E-state index contributed by atoms with van der Waals surface area (Å²) in [6, 6.07) is 7.11. The summed E-state index contributed by atoms with van der Waals surface area (Å²) >= 11 is 7.86. The lowest BCUT2D eigenvalue weighted by Gasteiger charge is -2.18. The van der Waals surface area contributed by atoms with Crippen LogP contribution in [0.4, 0.5) is 13.2 Å². The smallest absolute Gasteiger partial charge is 0.324 e. The molecule has 0 saturated carbocycles. The molecule has 1 heterocycles. The normalized spacial score (nSPS) is 13.5. The minimum Gasteiger partial charge on any atom is -0.324 e. The van der Waals surface area contributed by atoms with Gasteiger partial charge in [-0.05, 0) is 45.8 Å². The molecule has 2 rings (SSSR count). The van der Waals surface area contributed by atoms with Gasteiger partial charge in [-0.15, -0.1) is 11.3 Å². The molecule has 0 saturated heterocycles. The maximum Gasteiger partial charge on any atom is 0.416 e. The summed E-state index contributed by atoms with van der Waals surface area (Å²) < 4.78 is 40.5. The van der Waals surface area contributed by atoms with E-state index in [1.165, 1.54) is 17.4 Å². The Kier molecular flexibility index (Phi) is 4.94. The predicted octanol–water partition coefficient (Wildman–Crippen LogP) is 5.53. The topological polar surface area (TPSA) is 26.0 Å². The Balaban J connectivity index is 2.32. The van der Waals surface area contributed by atoms with Crippen LogP contribution in [0.15, 0.2) is 38.6 Å². The number of hydrogen-bond acceptors (Lipinski definition) is 2. The maximum absolute atomic E-state index is 13.1. The fourth-order valence-corrected chi connectivity index (χ4v) is 3.79. The lowest BCUT2D eigenvalue weighted by molar-refractivity contribution is -0.138. The van der Waals surface area contributed by atoms with E-state index in [1.807, 2.05) is 12.1 Å². The number of nitrogens with two attached hydrogens (primary N) is 1. The van der Waals surface area contributed by atoms with E-state index < -0.39 is 17.8 Å². The van der Waals surface area contributed by atoms with Gasteiger partial charge in [0, 0.05) is 21.8 Å². The van der Waals surface area contributed by atoms with Crippen LogP contribution >= 0.6 is 43.2 Å². The van der Waals surface area contributed by atoms with E-state index >= 15 is 0 Å². The fraction of sp³-hybridized carbons (Fsp3) is 0.231. The van der Waals surface area contributed by atoms with Crippen molar-refractivity contribution < 1.29 is 13.2 Å². The van der Waals surface area contributed by atoms with Crippen molar-refractivity contribution in [3.63, 3.8) is 0 Å². The van der Waals surface area contributed by atoms with Gasteiger partial charge in [-0.25, -0.2) is 0 Å². The monoisotopic (exact) mass is 427 g/mol. The second kappa shape index (κ2) is 6.17. The zero-order valence-corrected chi connectivity index (χ0v) is 14.0. The number of benzene rings is 1. The molecule has 0 fully saturated rings. The second-order valence-corrected chi connectivity index (χ2v) is 7.71. The van der Waals surface area contributed by atoms with Gasteiger partial charge >= 0.3 is 6.18 Å². The Bertz CT molecular complexity index is 610. The maximum atomic E-state index is 13.1. The van der Waals surface area contributed by atoms with Crippen LogP contribution in [0.5, 0.6) is 0 Å². The van der Waals surface area contributed by atoms with E-state index in [-0.39, 0.29) is 5.56 Å². The largest absolute Gasteiger partial charge is 0.416 e. The third-order valence-corrected chi connectivity index (χ3v) is 4.91. The molecular weight excluding hydrogens is 419 g/mol. The highest BCUT2D eigenvalue weighted by molar-refractivity contribution is 9.11. The summed E-state index contributed by atoms with van der Waals surface area (Å²) in [4.78, 5) is 0.945. The van der Waals surface area contributed by atoms with Crippen molar-refractivity contribution in [3.05, 3.63) is 54.6 Å². The molecule has 108 valence electrons. The van der Waals surface area contributed by atoms with Crippen LogP contribution in [0, 0.1) is 0 Å². The van der Waals surface area contributed by atoms with E-state index in [0.717, 1.165) is 14.7 Å². The van der Waals surface area contributed by atoms with Crippen LogP contribution in [0.2, 0.25) is 0 Å². The highest BCUT2D eigenvalue weighted by Gasteiger charge is 2.34. The molecule has 0 radical (unpaired) electrons. The summed E-state index contributed by atoms with van der Waals surface area (Å²) in [7, 11) is 0. The zero-order chi connectivity index (χ0) is 14.9. The molecule has 0 spiro atoms. The SMILES string of the molecule is NC(Cc1ccc(Br)s1)c1ccc(Br)cc1C(F)(F)F. The Morgan fingerprint density at radius 3 is 2.40 bits per heavy atom. The Morgan fingerprint density at radius 1 is 1.15 bits per heavy atom. The second-order valence-electron chi connectivity index (χ2n) is 4.25. The van der Waals surface area contributed by atoms with Crippen molar-refractivity contribution in [1.82, 2.24) is 0 Å². The minimum atomic E-state index is -4.41. The first kappa shape index (κ1) is 16.0. The van der Waals surface area contributed by atoms with E-state index in [1.54, 1.807) is 6.07 Å². The van der Waals surface area contributed by atoms with Crippen LogP contribution in [-0.4, -0.2) is 0 Å². The quantitative estimate of drug-likeness (QED) is 0.682. The van der Waals surface area contributed by atoms with Crippen molar-refractivity contribution >= 4 is 43.2 Å². The fourth-order valence-electron chi connectivity index (χ4n) is 1.89. The number of thiophene rings is 1. The molecular formula is C13H10Br2F3NS. The lowest BCUT2D eigenvalue weighted by atomic mass is 9.98. The van der Waals surface area contributed by atoms with Crippen LogP contribution in [0.1, 0.15) is 22.0 Å². The first-order valence-electron chi connectivity index (χ1n) is 5.64. The molecule has 2 aromatic rings. The standard InChI is InChI=1S/C13H10Br2F3NS/c14-7-1-3-9(10(5-7)13(16,17)18)11(19)6-8-2-4-12(15)20-8/h1-5,11H,6,19H2. The van der Waals surface area contributed by atoms with Gasteiger partial charge in [-0.1, -0.05) is 22.0 Å². The molecule has 2 N–H and O–H groups in total. The average Bonchev–Trinajstić information content (AvgIpc) is 2.73. The van der Waals surface area contributed by atoms with Gasteiger partial charge in [-0.3, -0.25) is 0 Å². The Hall–Kier alpha value is -0.370. The molecule has 7 heteroatoms. The molecule has 0 aliphatic rings. The summed E-state index contributed by atoms with van der Waals surface area (Å²) in [5.41, 5.74) is 5.39. The molecule has 0 aliphatic carbocycles. The highest BCUT2D eigenvalue weighted by atomic mass is 79.9. The molecule has 0 bridgehead atoms. The molecule has 0 amide bonds. The van der Waals surface area contributed by atoms with Crippen LogP contribution in [0.3, 0.4) is 0 Å². The highest BCUT2D eigenvalue weighted by Crippen LogP contribution is 2.37. The Morgan fingerprint density at radius 2 is 1.85 bits per heavy atom. The van der Waals surface area contributed by atoms with E-state index in [2.05, 4.69) is 31.9 Å². The average molecular weight is 429 g/mol. The Labute approximate surface area is 135 Å². The number of rotatable bonds is 3. The van der Waals surface area contributed by atoms with Gasteiger partial charge in [0.05, 0.1) is 9.35 Å². The van der Waals surface area contributed by atoms with Crippen molar-refractivity contribution in [1.29, 1.82) is 0 Å².